The highest BCUT2D eigenvalue weighted by Crippen LogP contribution is 2.15. The maximum absolute atomic E-state index is 8.57. The van der Waals surface area contributed by atoms with Gasteiger partial charge >= 0.3 is 0 Å². The largest absolute Gasteiger partial charge is 0.394 e. The summed E-state index contributed by atoms with van der Waals surface area (Å²) in [5.74, 6) is 0.681. The molecule has 0 heterocycles. The number of hydrogen-bond donors (Lipinski definition) is 1. The van der Waals surface area contributed by atoms with Gasteiger partial charge in [0.05, 0.1) is 32.5 Å². The highest BCUT2D eigenvalue weighted by atomic mass is 16.5. The Balaban J connectivity index is 3.61. The van der Waals surface area contributed by atoms with Crippen LogP contribution >= 0.6 is 0 Å². The summed E-state index contributed by atoms with van der Waals surface area (Å²) in [6, 6.07) is 0. The van der Waals surface area contributed by atoms with E-state index in [1.807, 2.05) is 0 Å². The molecule has 0 aliphatic heterocycles. The van der Waals surface area contributed by atoms with Gasteiger partial charge in [0.15, 0.2) is 0 Å². The summed E-state index contributed by atoms with van der Waals surface area (Å²) in [7, 11) is 0. The molecule has 1 N–H and O–H groups in total. The van der Waals surface area contributed by atoms with Gasteiger partial charge in [-0.3, -0.25) is 0 Å². The monoisotopic (exact) mass is 246 g/mol. The molecule has 0 spiro atoms. The van der Waals surface area contributed by atoms with E-state index in [9.17, 15) is 0 Å². The minimum atomic E-state index is 0.0892. The van der Waals surface area contributed by atoms with Crippen LogP contribution in [0.3, 0.4) is 0 Å². The van der Waals surface area contributed by atoms with Gasteiger partial charge in [0.25, 0.3) is 0 Å². The number of aliphatic hydroxyl groups excluding tert-OH is 1. The Morgan fingerprint density at radius 2 is 1.82 bits per heavy atom. The topological polar surface area (TPSA) is 38.7 Å². The number of unbranched alkanes of at least 4 members (excludes halogenated alkanes) is 2. The number of hydrogen-bond acceptors (Lipinski definition) is 3. The van der Waals surface area contributed by atoms with Crippen LogP contribution in [-0.4, -0.2) is 37.6 Å². The van der Waals surface area contributed by atoms with Crippen molar-refractivity contribution < 1.29 is 14.6 Å². The average Bonchev–Trinajstić information content (AvgIpc) is 2.28. The summed E-state index contributed by atoms with van der Waals surface area (Å²) in [6.45, 7) is 8.42. The molecule has 1 unspecified atom stereocenters. The Hall–Kier alpha value is -0.120. The fourth-order valence-corrected chi connectivity index (χ4v) is 1.86. The smallest absolute Gasteiger partial charge is 0.0704 e. The Kier molecular flexibility index (Phi) is 12.3. The van der Waals surface area contributed by atoms with Crippen LogP contribution in [0.5, 0.6) is 0 Å². The summed E-state index contributed by atoms with van der Waals surface area (Å²) in [5, 5.41) is 8.57. The van der Waals surface area contributed by atoms with Crippen molar-refractivity contribution in [1.82, 2.24) is 0 Å². The van der Waals surface area contributed by atoms with Crippen LogP contribution in [0.4, 0.5) is 0 Å². The molecule has 0 aromatic heterocycles. The van der Waals surface area contributed by atoms with Crippen molar-refractivity contribution in [2.24, 2.45) is 5.92 Å². The zero-order chi connectivity index (χ0) is 12.9. The summed E-state index contributed by atoms with van der Waals surface area (Å²) in [5.41, 5.74) is 0. The third kappa shape index (κ3) is 12.1. The average molecular weight is 246 g/mol. The molecule has 17 heavy (non-hydrogen) atoms. The van der Waals surface area contributed by atoms with Crippen molar-refractivity contribution >= 4 is 0 Å². The molecule has 0 saturated carbocycles. The Morgan fingerprint density at radius 1 is 1.06 bits per heavy atom. The van der Waals surface area contributed by atoms with Gasteiger partial charge in [-0.15, -0.1) is 0 Å². The Morgan fingerprint density at radius 3 is 2.41 bits per heavy atom. The molecule has 0 aliphatic carbocycles. The molecule has 0 bridgehead atoms. The predicted octanol–water partition coefficient (Wildman–Crippen LogP) is 3.01. The summed E-state index contributed by atoms with van der Waals surface area (Å²) in [6.07, 6.45) is 6.47. The first-order valence-electron chi connectivity index (χ1n) is 7.00. The molecule has 1 atom stereocenters. The molecule has 0 aromatic rings. The van der Waals surface area contributed by atoms with Crippen molar-refractivity contribution in [2.45, 2.75) is 59.0 Å². The van der Waals surface area contributed by atoms with Crippen molar-refractivity contribution in [1.29, 1.82) is 0 Å². The zero-order valence-corrected chi connectivity index (χ0v) is 11.8. The maximum Gasteiger partial charge on any atom is 0.0704 e. The van der Waals surface area contributed by atoms with Crippen LogP contribution in [0.1, 0.15) is 52.9 Å². The lowest BCUT2D eigenvalue weighted by molar-refractivity contribution is -0.0134. The molecule has 0 amide bonds. The molecule has 0 aromatic carbocycles. The van der Waals surface area contributed by atoms with Gasteiger partial charge in [-0.2, -0.15) is 0 Å². The molecule has 0 fully saturated rings. The molecule has 0 saturated heterocycles. The molecule has 0 aliphatic rings. The van der Waals surface area contributed by atoms with E-state index in [0.717, 1.165) is 12.8 Å². The highest BCUT2D eigenvalue weighted by molar-refractivity contribution is 4.61. The predicted molar refractivity (Wildman–Crippen MR) is 71.2 cm³/mol. The van der Waals surface area contributed by atoms with Crippen LogP contribution in [0, 0.1) is 5.92 Å². The standard InChI is InChI=1S/C14H30O3/c1-4-5-6-7-14(12-13(2)3)17-11-10-16-9-8-15/h13-15H,4-12H2,1-3H3. The SMILES string of the molecule is CCCCCC(CC(C)C)OCCOCCO. The Labute approximate surface area is 107 Å². The minimum absolute atomic E-state index is 0.0892. The van der Waals surface area contributed by atoms with E-state index >= 15 is 0 Å². The summed E-state index contributed by atoms with van der Waals surface area (Å²) >= 11 is 0. The van der Waals surface area contributed by atoms with E-state index in [1.165, 1.54) is 19.3 Å². The lowest BCUT2D eigenvalue weighted by atomic mass is 10.0. The van der Waals surface area contributed by atoms with Crippen LogP contribution in [0.15, 0.2) is 0 Å². The van der Waals surface area contributed by atoms with Crippen LogP contribution < -0.4 is 0 Å². The quantitative estimate of drug-likeness (QED) is 0.538. The third-order valence-corrected chi connectivity index (χ3v) is 2.68. The number of ether oxygens (including phenoxy) is 2. The Bertz CT molecular complexity index is 148. The lowest BCUT2D eigenvalue weighted by Gasteiger charge is -2.19. The van der Waals surface area contributed by atoms with Crippen molar-refractivity contribution in [3.05, 3.63) is 0 Å². The fourth-order valence-electron chi connectivity index (χ4n) is 1.86. The number of aliphatic hydroxyl groups is 1. The molecular formula is C14H30O3. The van der Waals surface area contributed by atoms with Gasteiger partial charge in [0.2, 0.25) is 0 Å². The first-order valence-corrected chi connectivity index (χ1v) is 7.00. The molecule has 104 valence electrons. The van der Waals surface area contributed by atoms with Gasteiger partial charge in [-0.1, -0.05) is 40.0 Å². The van der Waals surface area contributed by atoms with Crippen LogP contribution in [0.2, 0.25) is 0 Å². The first kappa shape index (κ1) is 16.9. The molecule has 3 nitrogen and oxygen atoms in total. The third-order valence-electron chi connectivity index (χ3n) is 2.68. The van der Waals surface area contributed by atoms with E-state index in [1.54, 1.807) is 0 Å². The van der Waals surface area contributed by atoms with E-state index in [0.29, 0.717) is 31.8 Å². The van der Waals surface area contributed by atoms with Crippen molar-refractivity contribution in [3.8, 4) is 0 Å². The number of rotatable bonds is 12. The maximum atomic E-state index is 8.57. The fraction of sp³-hybridized carbons (Fsp3) is 1.00. The molecule has 3 heteroatoms. The second kappa shape index (κ2) is 12.3. The van der Waals surface area contributed by atoms with E-state index in [4.69, 9.17) is 14.6 Å². The second-order valence-electron chi connectivity index (χ2n) is 4.95. The minimum Gasteiger partial charge on any atom is -0.394 e. The van der Waals surface area contributed by atoms with E-state index in [2.05, 4.69) is 20.8 Å². The van der Waals surface area contributed by atoms with Crippen molar-refractivity contribution in [3.63, 3.8) is 0 Å². The lowest BCUT2D eigenvalue weighted by Crippen LogP contribution is -2.19. The van der Waals surface area contributed by atoms with Gasteiger partial charge in [-0.05, 0) is 18.8 Å². The zero-order valence-electron chi connectivity index (χ0n) is 11.8. The summed E-state index contributed by atoms with van der Waals surface area (Å²) in [4.78, 5) is 0. The molecule has 0 radical (unpaired) electrons. The van der Waals surface area contributed by atoms with Gasteiger partial charge < -0.3 is 14.6 Å². The second-order valence-corrected chi connectivity index (χ2v) is 4.95. The van der Waals surface area contributed by atoms with Crippen molar-refractivity contribution in [2.75, 3.05) is 26.4 Å². The van der Waals surface area contributed by atoms with Crippen LogP contribution in [-0.2, 0) is 9.47 Å². The van der Waals surface area contributed by atoms with Crippen LogP contribution in [0.25, 0.3) is 0 Å². The molecule has 0 rings (SSSR count). The first-order chi connectivity index (χ1) is 8.20. The molecular weight excluding hydrogens is 216 g/mol. The van der Waals surface area contributed by atoms with Gasteiger partial charge in [0, 0.05) is 0 Å². The van der Waals surface area contributed by atoms with E-state index < -0.39 is 0 Å². The van der Waals surface area contributed by atoms with E-state index in [-0.39, 0.29) is 6.61 Å². The van der Waals surface area contributed by atoms with Gasteiger partial charge in [0.1, 0.15) is 0 Å². The highest BCUT2D eigenvalue weighted by Gasteiger charge is 2.10. The summed E-state index contributed by atoms with van der Waals surface area (Å²) < 4.78 is 11.0. The van der Waals surface area contributed by atoms with Gasteiger partial charge in [-0.25, -0.2) is 0 Å². The normalized spacial score (nSPS) is 13.2.